The molecule has 4 heteroatoms. The average Bonchev–Trinajstić information content (AvgIpc) is 2.72. The van der Waals surface area contributed by atoms with E-state index >= 15 is 0 Å². The number of rotatable bonds is 1. The molecule has 0 aliphatic rings. The van der Waals surface area contributed by atoms with Gasteiger partial charge in [-0.05, 0) is 18.2 Å². The summed E-state index contributed by atoms with van der Waals surface area (Å²) in [5.41, 5.74) is 2.75. The van der Waals surface area contributed by atoms with E-state index in [0.717, 1.165) is 22.2 Å². The summed E-state index contributed by atoms with van der Waals surface area (Å²) in [6.45, 7) is 0. The molecule has 0 aliphatic carbocycles. The molecule has 0 spiro atoms. The van der Waals surface area contributed by atoms with E-state index in [9.17, 15) is 0 Å². The van der Waals surface area contributed by atoms with Crippen LogP contribution in [0.5, 0.6) is 0 Å². The highest BCUT2D eigenvalue weighted by atomic mass is 35.5. The molecule has 0 saturated heterocycles. The molecule has 3 heterocycles. The summed E-state index contributed by atoms with van der Waals surface area (Å²) in [4.78, 5) is 8.73. The van der Waals surface area contributed by atoms with E-state index in [1.165, 1.54) is 0 Å². The molecule has 0 aromatic carbocycles. The van der Waals surface area contributed by atoms with Gasteiger partial charge in [0.25, 0.3) is 0 Å². The van der Waals surface area contributed by atoms with Crippen molar-refractivity contribution < 1.29 is 0 Å². The molecule has 3 aromatic heterocycles. The van der Waals surface area contributed by atoms with Gasteiger partial charge in [0, 0.05) is 24.0 Å². The maximum absolute atomic E-state index is 5.76. The zero-order chi connectivity index (χ0) is 10.3. The third-order valence-electron chi connectivity index (χ3n) is 2.39. The Kier molecular flexibility index (Phi) is 1.86. The second kappa shape index (κ2) is 3.21. The van der Waals surface area contributed by atoms with Gasteiger partial charge in [0.05, 0.1) is 17.1 Å². The summed E-state index contributed by atoms with van der Waals surface area (Å²) in [5.74, 6) is 0.434. The van der Waals surface area contributed by atoms with Gasteiger partial charge in [0.2, 0.25) is 0 Å². The number of nitrogens with zero attached hydrogens (tertiary/aromatic N) is 3. The summed E-state index contributed by atoms with van der Waals surface area (Å²) in [6.07, 6.45) is 5.67. The van der Waals surface area contributed by atoms with Crippen molar-refractivity contribution in [2.24, 2.45) is 0 Å². The van der Waals surface area contributed by atoms with Crippen molar-refractivity contribution in [3.8, 4) is 0 Å². The Morgan fingerprint density at radius 2 is 2.27 bits per heavy atom. The Morgan fingerprint density at radius 1 is 1.33 bits per heavy atom. The molecule has 0 aliphatic heterocycles. The van der Waals surface area contributed by atoms with Gasteiger partial charge in [-0.3, -0.25) is 4.98 Å². The highest BCUT2D eigenvalue weighted by Crippen LogP contribution is 2.17. The van der Waals surface area contributed by atoms with Crippen molar-refractivity contribution in [2.45, 2.75) is 5.88 Å². The van der Waals surface area contributed by atoms with Crippen LogP contribution in [0.1, 0.15) is 5.69 Å². The third-order valence-corrected chi connectivity index (χ3v) is 2.67. The fourth-order valence-corrected chi connectivity index (χ4v) is 1.84. The summed E-state index contributed by atoms with van der Waals surface area (Å²) in [5, 5.41) is 1.05. The van der Waals surface area contributed by atoms with Crippen LogP contribution in [0.4, 0.5) is 0 Å². The zero-order valence-corrected chi connectivity index (χ0v) is 8.65. The predicted molar refractivity (Wildman–Crippen MR) is 60.1 cm³/mol. The predicted octanol–water partition coefficient (Wildman–Crippen LogP) is 2.62. The standard InChI is InChI=1S/C11H8ClN3/c12-6-8-7-15-5-3-10-9(11(15)14-8)2-1-4-13-10/h1-5,7H,6H2. The van der Waals surface area contributed by atoms with Gasteiger partial charge in [-0.1, -0.05) is 0 Å². The molecular weight excluding hydrogens is 210 g/mol. The number of halogens is 1. The zero-order valence-electron chi connectivity index (χ0n) is 7.89. The Balaban J connectivity index is 2.47. The van der Waals surface area contributed by atoms with Gasteiger partial charge in [-0.15, -0.1) is 11.6 Å². The molecule has 3 aromatic rings. The Hall–Kier alpha value is -1.61. The second-order valence-corrected chi connectivity index (χ2v) is 3.62. The lowest BCUT2D eigenvalue weighted by Crippen LogP contribution is -1.85. The molecule has 0 unspecified atom stereocenters. The molecule has 3 rings (SSSR count). The van der Waals surface area contributed by atoms with Crippen LogP contribution in [0.3, 0.4) is 0 Å². The first-order valence-corrected chi connectivity index (χ1v) is 5.19. The highest BCUT2D eigenvalue weighted by molar-refractivity contribution is 6.16. The third kappa shape index (κ3) is 1.27. The minimum absolute atomic E-state index is 0.434. The van der Waals surface area contributed by atoms with E-state index in [4.69, 9.17) is 11.6 Å². The maximum atomic E-state index is 5.76. The van der Waals surface area contributed by atoms with Gasteiger partial charge in [-0.2, -0.15) is 0 Å². The quantitative estimate of drug-likeness (QED) is 0.587. The van der Waals surface area contributed by atoms with Crippen LogP contribution >= 0.6 is 11.6 Å². The lowest BCUT2D eigenvalue weighted by Gasteiger charge is -1.97. The van der Waals surface area contributed by atoms with Gasteiger partial charge in [0.15, 0.2) is 0 Å². The second-order valence-electron chi connectivity index (χ2n) is 3.35. The van der Waals surface area contributed by atoms with Crippen LogP contribution in [0, 0.1) is 0 Å². The molecule has 15 heavy (non-hydrogen) atoms. The maximum Gasteiger partial charge on any atom is 0.146 e. The number of alkyl halides is 1. The molecule has 0 atom stereocenters. The topological polar surface area (TPSA) is 30.2 Å². The number of hydrogen-bond acceptors (Lipinski definition) is 2. The number of fused-ring (bicyclic) bond motifs is 3. The van der Waals surface area contributed by atoms with Crippen molar-refractivity contribution in [1.82, 2.24) is 14.4 Å². The van der Waals surface area contributed by atoms with E-state index in [0.29, 0.717) is 5.88 Å². The Bertz CT molecular complexity index is 630. The first-order chi connectivity index (χ1) is 7.38. The molecule has 0 N–H and O–H groups in total. The normalized spacial score (nSPS) is 11.3. The van der Waals surface area contributed by atoms with Crippen molar-refractivity contribution in [3.63, 3.8) is 0 Å². The van der Waals surface area contributed by atoms with E-state index < -0.39 is 0 Å². The van der Waals surface area contributed by atoms with Crippen LogP contribution in [0.15, 0.2) is 36.8 Å². The van der Waals surface area contributed by atoms with Crippen molar-refractivity contribution in [3.05, 3.63) is 42.5 Å². The number of hydrogen-bond donors (Lipinski definition) is 0. The minimum atomic E-state index is 0.434. The molecule has 0 fully saturated rings. The molecule has 3 nitrogen and oxygen atoms in total. The lowest BCUT2D eigenvalue weighted by atomic mass is 10.2. The summed E-state index contributed by atoms with van der Waals surface area (Å²) < 4.78 is 1.97. The van der Waals surface area contributed by atoms with Gasteiger partial charge in [-0.25, -0.2) is 4.98 Å². The first-order valence-electron chi connectivity index (χ1n) is 4.66. The van der Waals surface area contributed by atoms with E-state index in [2.05, 4.69) is 9.97 Å². The SMILES string of the molecule is ClCc1cn2ccc3ncccc3c2n1. The van der Waals surface area contributed by atoms with Crippen molar-refractivity contribution in [1.29, 1.82) is 0 Å². The fourth-order valence-electron chi connectivity index (χ4n) is 1.71. The van der Waals surface area contributed by atoms with Gasteiger partial charge >= 0.3 is 0 Å². The molecule has 0 radical (unpaired) electrons. The summed E-state index contributed by atoms with van der Waals surface area (Å²) in [7, 11) is 0. The monoisotopic (exact) mass is 217 g/mol. The highest BCUT2D eigenvalue weighted by Gasteiger charge is 2.04. The smallest absolute Gasteiger partial charge is 0.146 e. The minimum Gasteiger partial charge on any atom is -0.306 e. The molecule has 0 bridgehead atoms. The Labute approximate surface area is 91.3 Å². The number of pyridine rings is 2. The van der Waals surface area contributed by atoms with Gasteiger partial charge in [0.1, 0.15) is 5.65 Å². The summed E-state index contributed by atoms with van der Waals surface area (Å²) >= 11 is 5.76. The number of imidazole rings is 1. The Morgan fingerprint density at radius 3 is 3.13 bits per heavy atom. The van der Waals surface area contributed by atoms with Crippen LogP contribution in [0.25, 0.3) is 16.6 Å². The largest absolute Gasteiger partial charge is 0.306 e. The van der Waals surface area contributed by atoms with Crippen LogP contribution in [-0.4, -0.2) is 14.4 Å². The first kappa shape index (κ1) is 8.68. The molecule has 0 amide bonds. The van der Waals surface area contributed by atoms with Gasteiger partial charge < -0.3 is 4.40 Å². The lowest BCUT2D eigenvalue weighted by molar-refractivity contribution is 1.19. The van der Waals surface area contributed by atoms with Crippen LogP contribution < -0.4 is 0 Å². The molecule has 0 saturated carbocycles. The molecule has 74 valence electrons. The average molecular weight is 218 g/mol. The van der Waals surface area contributed by atoms with Crippen molar-refractivity contribution in [2.75, 3.05) is 0 Å². The van der Waals surface area contributed by atoms with E-state index in [1.54, 1.807) is 6.20 Å². The van der Waals surface area contributed by atoms with Crippen molar-refractivity contribution >= 4 is 28.2 Å². The fraction of sp³-hybridized carbons (Fsp3) is 0.0909. The van der Waals surface area contributed by atoms with E-state index in [1.807, 2.05) is 35.0 Å². The number of aromatic nitrogens is 3. The van der Waals surface area contributed by atoms with Crippen LogP contribution in [-0.2, 0) is 5.88 Å². The van der Waals surface area contributed by atoms with E-state index in [-0.39, 0.29) is 0 Å². The molecular formula is C11H8ClN3. The summed E-state index contributed by atoms with van der Waals surface area (Å²) in [6, 6.07) is 5.90. The van der Waals surface area contributed by atoms with Crippen LogP contribution in [0.2, 0.25) is 0 Å².